The van der Waals surface area contributed by atoms with Crippen LogP contribution in [0.15, 0.2) is 36.7 Å². The molecule has 3 unspecified atom stereocenters. The standard InChI is InChI=1S/C17H23N3/c1-2-12-6-7-14(10-12)17(20-18)15-5-3-4-13-8-9-19-11-16(13)15/h3-5,8-9,11-12,14,17,20H,2,6-7,10,18H2,1H3. The van der Waals surface area contributed by atoms with E-state index in [9.17, 15) is 0 Å². The highest BCUT2D eigenvalue weighted by Crippen LogP contribution is 2.41. The van der Waals surface area contributed by atoms with Gasteiger partial charge in [-0.1, -0.05) is 38.0 Å². The molecule has 0 spiro atoms. The summed E-state index contributed by atoms with van der Waals surface area (Å²) in [5.74, 6) is 7.39. The Kier molecular flexibility index (Phi) is 3.99. The fourth-order valence-electron chi connectivity index (χ4n) is 3.68. The summed E-state index contributed by atoms with van der Waals surface area (Å²) in [6.45, 7) is 2.29. The molecular formula is C17H23N3. The second-order valence-corrected chi connectivity index (χ2v) is 5.94. The average Bonchev–Trinajstić information content (AvgIpc) is 2.97. The second kappa shape index (κ2) is 5.90. The molecule has 0 amide bonds. The van der Waals surface area contributed by atoms with E-state index in [0.717, 1.165) is 5.92 Å². The lowest BCUT2D eigenvalue weighted by Gasteiger charge is -2.24. The summed E-state index contributed by atoms with van der Waals surface area (Å²) in [4.78, 5) is 4.28. The third-order valence-corrected chi connectivity index (χ3v) is 4.86. The Morgan fingerprint density at radius 3 is 3.00 bits per heavy atom. The number of hydrogen-bond donors (Lipinski definition) is 2. The van der Waals surface area contributed by atoms with Crippen LogP contribution in [-0.4, -0.2) is 4.98 Å². The molecule has 1 aliphatic rings. The Bertz CT molecular complexity index is 576. The molecule has 3 N–H and O–H groups in total. The molecule has 20 heavy (non-hydrogen) atoms. The van der Waals surface area contributed by atoms with Gasteiger partial charge in [0.2, 0.25) is 0 Å². The van der Waals surface area contributed by atoms with Crippen molar-refractivity contribution in [2.75, 3.05) is 0 Å². The van der Waals surface area contributed by atoms with Gasteiger partial charge < -0.3 is 0 Å². The van der Waals surface area contributed by atoms with E-state index < -0.39 is 0 Å². The lowest BCUT2D eigenvalue weighted by Crippen LogP contribution is -2.33. The van der Waals surface area contributed by atoms with Crippen LogP contribution in [0.2, 0.25) is 0 Å². The van der Waals surface area contributed by atoms with Crippen LogP contribution >= 0.6 is 0 Å². The third kappa shape index (κ3) is 2.43. The van der Waals surface area contributed by atoms with Gasteiger partial charge in [0.1, 0.15) is 0 Å². The predicted octanol–water partition coefficient (Wildman–Crippen LogP) is 3.57. The SMILES string of the molecule is CCC1CCC(C(NN)c2cccc3ccncc23)C1. The number of nitrogens with one attached hydrogen (secondary N) is 1. The number of pyridine rings is 1. The van der Waals surface area contributed by atoms with Crippen LogP contribution in [0.1, 0.15) is 44.2 Å². The maximum Gasteiger partial charge on any atom is 0.0494 e. The zero-order chi connectivity index (χ0) is 13.9. The lowest BCUT2D eigenvalue weighted by molar-refractivity contribution is 0.360. The Morgan fingerprint density at radius 1 is 1.35 bits per heavy atom. The molecule has 3 heteroatoms. The largest absolute Gasteiger partial charge is 0.271 e. The fraction of sp³-hybridized carbons (Fsp3) is 0.471. The first-order valence-electron chi connectivity index (χ1n) is 7.62. The average molecular weight is 269 g/mol. The second-order valence-electron chi connectivity index (χ2n) is 5.94. The first-order chi connectivity index (χ1) is 9.83. The lowest BCUT2D eigenvalue weighted by atomic mass is 9.88. The predicted molar refractivity (Wildman–Crippen MR) is 82.9 cm³/mol. The fourth-order valence-corrected chi connectivity index (χ4v) is 3.68. The summed E-state index contributed by atoms with van der Waals surface area (Å²) in [5, 5.41) is 2.46. The molecule has 0 radical (unpaired) electrons. The number of nitrogens with two attached hydrogens (primary N) is 1. The van der Waals surface area contributed by atoms with Crippen LogP contribution in [0.4, 0.5) is 0 Å². The van der Waals surface area contributed by atoms with Crippen molar-refractivity contribution in [1.82, 2.24) is 10.4 Å². The van der Waals surface area contributed by atoms with E-state index in [-0.39, 0.29) is 6.04 Å². The smallest absolute Gasteiger partial charge is 0.0494 e. The summed E-state index contributed by atoms with van der Waals surface area (Å²) in [7, 11) is 0. The highest BCUT2D eigenvalue weighted by molar-refractivity contribution is 5.85. The molecule has 1 heterocycles. The van der Waals surface area contributed by atoms with E-state index in [4.69, 9.17) is 5.84 Å². The quantitative estimate of drug-likeness (QED) is 0.659. The van der Waals surface area contributed by atoms with E-state index in [1.165, 1.54) is 42.0 Å². The van der Waals surface area contributed by atoms with Gasteiger partial charge >= 0.3 is 0 Å². The number of fused-ring (bicyclic) bond motifs is 1. The van der Waals surface area contributed by atoms with Crippen LogP contribution in [-0.2, 0) is 0 Å². The monoisotopic (exact) mass is 269 g/mol. The number of aromatic nitrogens is 1. The van der Waals surface area contributed by atoms with Crippen molar-refractivity contribution in [1.29, 1.82) is 0 Å². The summed E-state index contributed by atoms with van der Waals surface area (Å²) in [6, 6.07) is 8.75. The zero-order valence-corrected chi connectivity index (χ0v) is 12.0. The van der Waals surface area contributed by atoms with Gasteiger partial charge in [-0.3, -0.25) is 16.3 Å². The highest BCUT2D eigenvalue weighted by Gasteiger charge is 2.31. The van der Waals surface area contributed by atoms with Crippen molar-refractivity contribution in [3.8, 4) is 0 Å². The van der Waals surface area contributed by atoms with Gasteiger partial charge in [-0.2, -0.15) is 0 Å². The van der Waals surface area contributed by atoms with E-state index in [0.29, 0.717) is 5.92 Å². The topological polar surface area (TPSA) is 50.9 Å². The first-order valence-corrected chi connectivity index (χ1v) is 7.62. The molecular weight excluding hydrogens is 246 g/mol. The van der Waals surface area contributed by atoms with Gasteiger partial charge in [-0.05, 0) is 41.7 Å². The molecule has 0 aliphatic heterocycles. The number of rotatable bonds is 4. The maximum absolute atomic E-state index is 5.89. The van der Waals surface area contributed by atoms with Gasteiger partial charge in [0.15, 0.2) is 0 Å². The van der Waals surface area contributed by atoms with Crippen molar-refractivity contribution in [2.45, 2.75) is 38.6 Å². The first kappa shape index (κ1) is 13.5. The zero-order valence-electron chi connectivity index (χ0n) is 12.0. The van der Waals surface area contributed by atoms with Gasteiger partial charge in [0.25, 0.3) is 0 Å². The molecule has 1 aromatic carbocycles. The summed E-state index contributed by atoms with van der Waals surface area (Å²) < 4.78 is 0. The number of nitrogens with zero attached hydrogens (tertiary/aromatic N) is 1. The number of hydrazine groups is 1. The summed E-state index contributed by atoms with van der Waals surface area (Å²) in [6.07, 6.45) is 8.97. The van der Waals surface area contributed by atoms with Crippen LogP contribution in [0.5, 0.6) is 0 Å². The normalized spacial score (nSPS) is 24.1. The highest BCUT2D eigenvalue weighted by atomic mass is 15.2. The molecule has 106 valence electrons. The van der Waals surface area contributed by atoms with Gasteiger partial charge in [-0.15, -0.1) is 0 Å². The Morgan fingerprint density at radius 2 is 2.25 bits per heavy atom. The van der Waals surface area contributed by atoms with E-state index in [2.05, 4.69) is 41.6 Å². The molecule has 3 nitrogen and oxygen atoms in total. The molecule has 1 aliphatic carbocycles. The van der Waals surface area contributed by atoms with Gasteiger partial charge in [-0.25, -0.2) is 0 Å². The molecule has 1 aromatic heterocycles. The Balaban J connectivity index is 1.95. The summed E-state index contributed by atoms with van der Waals surface area (Å²) in [5.41, 5.74) is 4.36. The van der Waals surface area contributed by atoms with Crippen molar-refractivity contribution in [3.63, 3.8) is 0 Å². The van der Waals surface area contributed by atoms with Crippen LogP contribution in [0.25, 0.3) is 10.8 Å². The number of hydrogen-bond acceptors (Lipinski definition) is 3. The molecule has 0 bridgehead atoms. The van der Waals surface area contributed by atoms with E-state index in [1.807, 2.05) is 12.4 Å². The van der Waals surface area contributed by atoms with E-state index >= 15 is 0 Å². The van der Waals surface area contributed by atoms with Crippen LogP contribution in [0.3, 0.4) is 0 Å². The number of benzene rings is 1. The minimum atomic E-state index is 0.236. The van der Waals surface area contributed by atoms with Gasteiger partial charge in [0.05, 0.1) is 0 Å². The molecule has 3 rings (SSSR count). The molecule has 3 atom stereocenters. The Labute approximate surface area is 120 Å². The minimum Gasteiger partial charge on any atom is -0.271 e. The van der Waals surface area contributed by atoms with Crippen molar-refractivity contribution in [2.24, 2.45) is 17.7 Å². The Hall–Kier alpha value is -1.45. The molecule has 2 aromatic rings. The van der Waals surface area contributed by atoms with Crippen molar-refractivity contribution in [3.05, 3.63) is 42.2 Å². The summed E-state index contributed by atoms with van der Waals surface area (Å²) >= 11 is 0. The van der Waals surface area contributed by atoms with Crippen LogP contribution in [0, 0.1) is 11.8 Å². The van der Waals surface area contributed by atoms with Crippen molar-refractivity contribution >= 4 is 10.8 Å². The minimum absolute atomic E-state index is 0.236. The van der Waals surface area contributed by atoms with E-state index in [1.54, 1.807) is 0 Å². The maximum atomic E-state index is 5.89. The molecule has 1 fully saturated rings. The molecule has 1 saturated carbocycles. The van der Waals surface area contributed by atoms with Crippen LogP contribution < -0.4 is 11.3 Å². The van der Waals surface area contributed by atoms with Crippen molar-refractivity contribution < 1.29 is 0 Å². The van der Waals surface area contributed by atoms with Gasteiger partial charge in [0, 0.05) is 23.8 Å². The third-order valence-electron chi connectivity index (χ3n) is 4.86. The molecule has 0 saturated heterocycles.